The summed E-state index contributed by atoms with van der Waals surface area (Å²) in [7, 11) is -3.50. The molecule has 1 heterocycles. The highest BCUT2D eigenvalue weighted by molar-refractivity contribution is 7.89. The van der Waals surface area contributed by atoms with Crippen LogP contribution in [0.1, 0.15) is 44.9 Å². The van der Waals surface area contributed by atoms with Gasteiger partial charge in [-0.3, -0.25) is 4.79 Å². The van der Waals surface area contributed by atoms with Crippen LogP contribution in [0.3, 0.4) is 0 Å². The molecule has 0 spiro atoms. The second kappa shape index (κ2) is 6.79. The summed E-state index contributed by atoms with van der Waals surface area (Å²) >= 11 is 0. The summed E-state index contributed by atoms with van der Waals surface area (Å²) in [5, 5.41) is 10.9. The lowest BCUT2D eigenvalue weighted by Gasteiger charge is -2.60. The zero-order chi connectivity index (χ0) is 20.3. The van der Waals surface area contributed by atoms with E-state index < -0.39 is 15.6 Å². The summed E-state index contributed by atoms with van der Waals surface area (Å²) in [4.78, 5) is 15.2. The molecule has 5 fully saturated rings. The van der Waals surface area contributed by atoms with E-state index >= 15 is 0 Å². The maximum absolute atomic E-state index is 13.1. The number of sulfonamides is 1. The monoisotopic (exact) mass is 418 g/mol. The Morgan fingerprint density at radius 3 is 2.21 bits per heavy atom. The molecule has 29 heavy (non-hydrogen) atoms. The molecular formula is C22H30N2O4S. The van der Waals surface area contributed by atoms with Crippen molar-refractivity contribution < 1.29 is 18.3 Å². The normalized spacial score (nSPS) is 37.1. The maximum Gasteiger partial charge on any atom is 0.243 e. The Morgan fingerprint density at radius 2 is 1.62 bits per heavy atom. The molecule has 158 valence electrons. The van der Waals surface area contributed by atoms with Crippen molar-refractivity contribution in [2.24, 2.45) is 17.3 Å². The highest BCUT2D eigenvalue weighted by Crippen LogP contribution is 2.62. The molecule has 4 aliphatic carbocycles. The SMILES string of the molecule is O=C(CC12C[C@@H]3C[C@@H](CC(O)(C3)C1)C2)N1CCN(S(=O)(=O)c2ccccc2)CC1. The van der Waals surface area contributed by atoms with E-state index in [4.69, 9.17) is 0 Å². The summed E-state index contributed by atoms with van der Waals surface area (Å²) in [6, 6.07) is 8.49. The van der Waals surface area contributed by atoms with Crippen LogP contribution in [-0.4, -0.2) is 60.4 Å². The number of hydrogen-bond acceptors (Lipinski definition) is 4. The molecule has 0 aromatic heterocycles. The van der Waals surface area contributed by atoms with Gasteiger partial charge in [-0.2, -0.15) is 4.31 Å². The van der Waals surface area contributed by atoms with E-state index in [1.54, 1.807) is 30.3 Å². The topological polar surface area (TPSA) is 77.9 Å². The number of amides is 1. The zero-order valence-corrected chi connectivity index (χ0v) is 17.6. The summed E-state index contributed by atoms with van der Waals surface area (Å²) in [6.07, 6.45) is 6.45. The summed E-state index contributed by atoms with van der Waals surface area (Å²) < 4.78 is 27.1. The molecule has 1 aromatic carbocycles. The van der Waals surface area contributed by atoms with E-state index in [2.05, 4.69) is 0 Å². The van der Waals surface area contributed by atoms with Crippen LogP contribution < -0.4 is 0 Å². The first-order valence-corrected chi connectivity index (χ1v) is 12.3. The van der Waals surface area contributed by atoms with E-state index in [0.717, 1.165) is 32.1 Å². The fraction of sp³-hybridized carbons (Fsp3) is 0.682. The van der Waals surface area contributed by atoms with Crippen molar-refractivity contribution in [3.05, 3.63) is 30.3 Å². The van der Waals surface area contributed by atoms with Crippen LogP contribution in [0.2, 0.25) is 0 Å². The highest BCUT2D eigenvalue weighted by atomic mass is 32.2. The molecule has 7 heteroatoms. The summed E-state index contributed by atoms with van der Waals surface area (Å²) in [5.41, 5.74) is -0.587. The second-order valence-corrected chi connectivity index (χ2v) is 11.9. The van der Waals surface area contributed by atoms with Crippen molar-refractivity contribution in [3.8, 4) is 0 Å². The fourth-order valence-electron chi connectivity index (χ4n) is 6.96. The molecule has 5 aliphatic rings. The molecule has 1 amide bonds. The van der Waals surface area contributed by atoms with Gasteiger partial charge in [0.05, 0.1) is 10.5 Å². The molecule has 1 N–H and O–H groups in total. The number of rotatable bonds is 4. The molecule has 4 atom stereocenters. The smallest absolute Gasteiger partial charge is 0.243 e. The van der Waals surface area contributed by atoms with Gasteiger partial charge in [-0.1, -0.05) is 18.2 Å². The average Bonchev–Trinajstić information content (AvgIpc) is 2.66. The largest absolute Gasteiger partial charge is 0.390 e. The third-order valence-electron chi connectivity index (χ3n) is 7.65. The standard InChI is InChI=1S/C22H30N2O4S/c25-20(15-21-11-17-10-18(12-21)14-22(26,13-17)16-21)23-6-8-24(9-7-23)29(27,28)19-4-2-1-3-5-19/h1-5,17-18,26H,6-16H2/t17-,18+,21?,22?. The van der Waals surface area contributed by atoms with Crippen molar-refractivity contribution >= 4 is 15.9 Å². The summed E-state index contributed by atoms with van der Waals surface area (Å²) in [5.74, 6) is 1.27. The molecule has 1 aliphatic heterocycles. The lowest BCUT2D eigenvalue weighted by Crippen LogP contribution is -2.57. The first-order valence-electron chi connectivity index (χ1n) is 10.8. The van der Waals surface area contributed by atoms with E-state index in [1.807, 2.05) is 4.90 Å². The molecule has 0 radical (unpaired) electrons. The van der Waals surface area contributed by atoms with E-state index in [-0.39, 0.29) is 11.3 Å². The van der Waals surface area contributed by atoms with Gasteiger partial charge in [0.2, 0.25) is 15.9 Å². The molecule has 6 rings (SSSR count). The molecule has 1 aromatic rings. The average molecular weight is 419 g/mol. The fourth-order valence-corrected chi connectivity index (χ4v) is 8.40. The van der Waals surface area contributed by atoms with Gasteiger partial charge in [0.15, 0.2) is 0 Å². The number of hydrogen-bond donors (Lipinski definition) is 1. The Balaban J connectivity index is 1.22. The van der Waals surface area contributed by atoms with E-state index in [9.17, 15) is 18.3 Å². The predicted octanol–water partition coefficient (Wildman–Crippen LogP) is 2.24. The molecule has 6 nitrogen and oxygen atoms in total. The third kappa shape index (κ3) is 3.51. The number of carbonyl (C=O) groups is 1. The Kier molecular flexibility index (Phi) is 4.57. The highest BCUT2D eigenvalue weighted by Gasteiger charge is 2.57. The van der Waals surface area contributed by atoms with Crippen molar-refractivity contribution in [2.45, 2.75) is 55.4 Å². The maximum atomic E-state index is 13.1. The number of nitrogens with zero attached hydrogens (tertiary/aromatic N) is 2. The molecule has 1 saturated heterocycles. The van der Waals surface area contributed by atoms with Crippen molar-refractivity contribution in [2.75, 3.05) is 26.2 Å². The van der Waals surface area contributed by atoms with Crippen LogP contribution in [0.25, 0.3) is 0 Å². The van der Waals surface area contributed by atoms with Crippen LogP contribution in [-0.2, 0) is 14.8 Å². The number of carbonyl (C=O) groups excluding carboxylic acids is 1. The Hall–Kier alpha value is -1.44. The van der Waals surface area contributed by atoms with Crippen LogP contribution in [0.5, 0.6) is 0 Å². The molecule has 2 unspecified atom stereocenters. The van der Waals surface area contributed by atoms with Crippen LogP contribution in [0.15, 0.2) is 35.2 Å². The van der Waals surface area contributed by atoms with Gasteiger partial charge in [-0.05, 0) is 67.9 Å². The van der Waals surface area contributed by atoms with Gasteiger partial charge in [0.25, 0.3) is 0 Å². The minimum atomic E-state index is -3.50. The minimum Gasteiger partial charge on any atom is -0.390 e. The zero-order valence-electron chi connectivity index (χ0n) is 16.8. The van der Waals surface area contributed by atoms with Crippen LogP contribution in [0.4, 0.5) is 0 Å². The van der Waals surface area contributed by atoms with Gasteiger partial charge < -0.3 is 10.0 Å². The second-order valence-electron chi connectivity index (χ2n) is 9.96. The number of benzene rings is 1. The lowest BCUT2D eigenvalue weighted by molar-refractivity contribution is -0.172. The minimum absolute atomic E-state index is 0.0385. The molecule has 4 saturated carbocycles. The Labute approximate surface area is 172 Å². The number of piperazine rings is 1. The predicted molar refractivity (Wildman–Crippen MR) is 108 cm³/mol. The van der Waals surface area contributed by atoms with Crippen molar-refractivity contribution in [3.63, 3.8) is 0 Å². The first-order chi connectivity index (χ1) is 13.8. The van der Waals surface area contributed by atoms with Gasteiger partial charge >= 0.3 is 0 Å². The lowest BCUT2D eigenvalue weighted by atomic mass is 9.47. The Morgan fingerprint density at radius 1 is 1.00 bits per heavy atom. The van der Waals surface area contributed by atoms with Gasteiger partial charge in [-0.25, -0.2) is 8.42 Å². The van der Waals surface area contributed by atoms with Gasteiger partial charge in [0.1, 0.15) is 0 Å². The van der Waals surface area contributed by atoms with Crippen molar-refractivity contribution in [1.82, 2.24) is 9.21 Å². The first kappa shape index (κ1) is 19.5. The van der Waals surface area contributed by atoms with Gasteiger partial charge in [0, 0.05) is 32.6 Å². The molecular weight excluding hydrogens is 388 g/mol. The van der Waals surface area contributed by atoms with Crippen LogP contribution in [0, 0.1) is 17.3 Å². The van der Waals surface area contributed by atoms with Gasteiger partial charge in [-0.15, -0.1) is 0 Å². The summed E-state index contributed by atoms with van der Waals surface area (Å²) in [6.45, 7) is 1.56. The molecule has 4 bridgehead atoms. The third-order valence-corrected chi connectivity index (χ3v) is 9.56. The van der Waals surface area contributed by atoms with E-state index in [0.29, 0.717) is 49.3 Å². The number of aliphatic hydroxyl groups is 1. The van der Waals surface area contributed by atoms with Crippen molar-refractivity contribution in [1.29, 1.82) is 0 Å². The van der Waals surface area contributed by atoms with E-state index in [1.165, 1.54) is 10.7 Å². The van der Waals surface area contributed by atoms with Crippen LogP contribution >= 0.6 is 0 Å². The quantitative estimate of drug-likeness (QED) is 0.814. The Bertz CT molecular complexity index is 879.